The number of aromatic nitrogens is 2. The Balaban J connectivity index is 1.83. The molecule has 0 N–H and O–H groups in total. The molecule has 136 valence electrons. The van der Waals surface area contributed by atoms with Crippen molar-refractivity contribution in [2.45, 2.75) is 19.6 Å². The summed E-state index contributed by atoms with van der Waals surface area (Å²) < 4.78 is 39.4. The van der Waals surface area contributed by atoms with E-state index < -0.39 is 11.7 Å². The summed E-state index contributed by atoms with van der Waals surface area (Å²) in [7, 11) is 0. The molecule has 7 heteroatoms. The monoisotopic (exact) mass is 368 g/mol. The molecule has 0 radical (unpaired) electrons. The molecular weight excluding hydrogens is 353 g/mol. The summed E-state index contributed by atoms with van der Waals surface area (Å²) >= 11 is 0. The number of aryl methyl sites for hydroxylation is 1. The van der Waals surface area contributed by atoms with Crippen LogP contribution in [0.2, 0.25) is 0 Å². The molecule has 0 aliphatic carbocycles. The number of rotatable bonds is 2. The number of pyridine rings is 2. The lowest BCUT2D eigenvalue weighted by Gasteiger charge is -2.19. The Kier molecular flexibility index (Phi) is 4.14. The molecule has 0 saturated heterocycles. The summed E-state index contributed by atoms with van der Waals surface area (Å²) in [6, 6.07) is 13.3. The molecule has 1 aromatic carbocycles. The normalized spacial score (nSPS) is 15.3. The summed E-state index contributed by atoms with van der Waals surface area (Å²) in [5, 5.41) is 0. The number of alkyl halides is 3. The van der Waals surface area contributed by atoms with Crippen molar-refractivity contribution in [2.75, 3.05) is 4.90 Å². The highest BCUT2D eigenvalue weighted by Crippen LogP contribution is 2.34. The van der Waals surface area contributed by atoms with Crippen LogP contribution in [0, 0.1) is 6.92 Å². The molecule has 2 aromatic heterocycles. The molecule has 0 amide bonds. The number of aliphatic imine (C=N–C) groups is 1. The number of halogens is 3. The van der Waals surface area contributed by atoms with Crippen molar-refractivity contribution in [3.05, 3.63) is 83.2 Å². The van der Waals surface area contributed by atoms with E-state index in [0.717, 1.165) is 28.8 Å². The molecule has 4 rings (SSSR count). The van der Waals surface area contributed by atoms with Gasteiger partial charge in [0, 0.05) is 18.0 Å². The fourth-order valence-corrected chi connectivity index (χ4v) is 3.01. The maximum atomic E-state index is 13.1. The predicted molar refractivity (Wildman–Crippen MR) is 97.0 cm³/mol. The van der Waals surface area contributed by atoms with Gasteiger partial charge in [-0.05, 0) is 42.3 Å². The molecule has 4 nitrogen and oxygen atoms in total. The van der Waals surface area contributed by atoms with Gasteiger partial charge in [0.2, 0.25) is 0 Å². The van der Waals surface area contributed by atoms with Crippen molar-refractivity contribution >= 4 is 17.5 Å². The van der Waals surface area contributed by atoms with Crippen LogP contribution in [-0.4, -0.2) is 15.8 Å². The average molecular weight is 368 g/mol. The summed E-state index contributed by atoms with van der Waals surface area (Å²) in [5.74, 6) is 1.24. The standard InChI is InChI=1S/C20H15F3N4/c1-13-6-8-24-17(10-13)26-19-16-5-3-2-4-14(16)12-27(19)18-11-15(7-9-25-18)20(21,22)23/h2-11H,12H2,1H3. The van der Waals surface area contributed by atoms with Gasteiger partial charge in [-0.1, -0.05) is 24.3 Å². The molecule has 0 spiro atoms. The zero-order valence-corrected chi connectivity index (χ0v) is 14.4. The Morgan fingerprint density at radius 3 is 2.56 bits per heavy atom. The van der Waals surface area contributed by atoms with Crippen LogP contribution in [0.1, 0.15) is 22.3 Å². The lowest BCUT2D eigenvalue weighted by atomic mass is 10.1. The lowest BCUT2D eigenvalue weighted by molar-refractivity contribution is -0.137. The van der Waals surface area contributed by atoms with Crippen LogP contribution < -0.4 is 4.90 Å². The van der Waals surface area contributed by atoms with Gasteiger partial charge in [0.05, 0.1) is 12.1 Å². The molecule has 0 bridgehead atoms. The Bertz CT molecular complexity index is 1030. The Labute approximate surface area is 154 Å². The smallest absolute Gasteiger partial charge is 0.306 e. The second-order valence-electron chi connectivity index (χ2n) is 6.27. The largest absolute Gasteiger partial charge is 0.416 e. The summed E-state index contributed by atoms with van der Waals surface area (Å²) in [4.78, 5) is 14.7. The number of amidine groups is 1. The first-order valence-corrected chi connectivity index (χ1v) is 8.32. The highest BCUT2D eigenvalue weighted by molar-refractivity contribution is 6.14. The van der Waals surface area contributed by atoms with Crippen molar-refractivity contribution in [1.82, 2.24) is 9.97 Å². The average Bonchev–Trinajstić information content (AvgIpc) is 3.00. The molecule has 3 aromatic rings. The third-order valence-electron chi connectivity index (χ3n) is 4.31. The fraction of sp³-hybridized carbons (Fsp3) is 0.150. The second kappa shape index (κ2) is 6.50. The number of anilines is 1. The third-order valence-corrected chi connectivity index (χ3v) is 4.31. The van der Waals surface area contributed by atoms with E-state index in [9.17, 15) is 13.2 Å². The minimum atomic E-state index is -4.43. The topological polar surface area (TPSA) is 41.4 Å². The van der Waals surface area contributed by atoms with Gasteiger partial charge in [-0.25, -0.2) is 15.0 Å². The third kappa shape index (κ3) is 3.40. The minimum Gasteiger partial charge on any atom is -0.306 e. The first kappa shape index (κ1) is 17.2. The maximum Gasteiger partial charge on any atom is 0.416 e. The molecule has 27 heavy (non-hydrogen) atoms. The molecule has 0 unspecified atom stereocenters. The Morgan fingerprint density at radius 2 is 1.78 bits per heavy atom. The maximum absolute atomic E-state index is 13.1. The van der Waals surface area contributed by atoms with E-state index in [-0.39, 0.29) is 5.82 Å². The molecule has 0 atom stereocenters. The molecule has 0 fully saturated rings. The van der Waals surface area contributed by atoms with Crippen LogP contribution in [0.5, 0.6) is 0 Å². The quantitative estimate of drug-likeness (QED) is 0.646. The minimum absolute atomic E-state index is 0.201. The van der Waals surface area contributed by atoms with E-state index in [2.05, 4.69) is 15.0 Å². The molecule has 1 aliphatic heterocycles. The van der Waals surface area contributed by atoms with E-state index in [1.807, 2.05) is 43.3 Å². The summed E-state index contributed by atoms with van der Waals surface area (Å²) in [5.41, 5.74) is 2.10. The Hall–Kier alpha value is -3.22. The highest BCUT2D eigenvalue weighted by atomic mass is 19.4. The number of nitrogens with zero attached hydrogens (tertiary/aromatic N) is 4. The Morgan fingerprint density at radius 1 is 1.00 bits per heavy atom. The van der Waals surface area contributed by atoms with Gasteiger partial charge in [-0.3, -0.25) is 0 Å². The zero-order chi connectivity index (χ0) is 19.0. The number of fused-ring (bicyclic) bond motifs is 1. The van der Waals surface area contributed by atoms with Crippen molar-refractivity contribution in [2.24, 2.45) is 4.99 Å². The van der Waals surface area contributed by atoms with Gasteiger partial charge < -0.3 is 4.90 Å². The lowest BCUT2D eigenvalue weighted by Crippen LogP contribution is -2.25. The van der Waals surface area contributed by atoms with Crippen LogP contribution in [0.4, 0.5) is 24.8 Å². The molecular formula is C20H15F3N4. The first-order chi connectivity index (χ1) is 12.9. The van der Waals surface area contributed by atoms with Crippen LogP contribution in [-0.2, 0) is 12.7 Å². The second-order valence-corrected chi connectivity index (χ2v) is 6.27. The van der Waals surface area contributed by atoms with Crippen LogP contribution >= 0.6 is 0 Å². The van der Waals surface area contributed by atoms with Gasteiger partial charge in [0.15, 0.2) is 5.82 Å². The van der Waals surface area contributed by atoms with Crippen LogP contribution in [0.15, 0.2) is 65.9 Å². The van der Waals surface area contributed by atoms with E-state index in [1.54, 1.807) is 11.1 Å². The van der Waals surface area contributed by atoms with Crippen molar-refractivity contribution < 1.29 is 13.2 Å². The molecule has 3 heterocycles. The number of hydrogen-bond acceptors (Lipinski definition) is 3. The zero-order valence-electron chi connectivity index (χ0n) is 14.4. The SMILES string of the molecule is Cc1ccnc(N=C2c3ccccc3CN2c2cc(C(F)(F)F)ccn2)c1. The highest BCUT2D eigenvalue weighted by Gasteiger charge is 2.33. The molecule has 0 saturated carbocycles. The van der Waals surface area contributed by atoms with Crippen LogP contribution in [0.25, 0.3) is 0 Å². The predicted octanol–water partition coefficient (Wildman–Crippen LogP) is 4.90. The van der Waals surface area contributed by atoms with E-state index >= 15 is 0 Å². The van der Waals surface area contributed by atoms with Gasteiger partial charge in [-0.15, -0.1) is 0 Å². The van der Waals surface area contributed by atoms with Gasteiger partial charge >= 0.3 is 6.18 Å². The first-order valence-electron chi connectivity index (χ1n) is 8.32. The van der Waals surface area contributed by atoms with Crippen molar-refractivity contribution in [3.63, 3.8) is 0 Å². The fourth-order valence-electron chi connectivity index (χ4n) is 3.01. The molecule has 1 aliphatic rings. The summed E-state index contributed by atoms with van der Waals surface area (Å²) in [6.07, 6.45) is -1.61. The van der Waals surface area contributed by atoms with Gasteiger partial charge in [-0.2, -0.15) is 13.2 Å². The number of hydrogen-bond donors (Lipinski definition) is 0. The van der Waals surface area contributed by atoms with Crippen molar-refractivity contribution in [1.29, 1.82) is 0 Å². The number of benzene rings is 1. The van der Waals surface area contributed by atoms with E-state index in [0.29, 0.717) is 18.2 Å². The van der Waals surface area contributed by atoms with Crippen LogP contribution in [0.3, 0.4) is 0 Å². The van der Waals surface area contributed by atoms with E-state index in [1.165, 1.54) is 6.20 Å². The van der Waals surface area contributed by atoms with E-state index in [4.69, 9.17) is 0 Å². The summed E-state index contributed by atoms with van der Waals surface area (Å²) in [6.45, 7) is 2.33. The van der Waals surface area contributed by atoms with Crippen molar-refractivity contribution in [3.8, 4) is 0 Å². The van der Waals surface area contributed by atoms with Gasteiger partial charge in [0.25, 0.3) is 0 Å². The van der Waals surface area contributed by atoms with Gasteiger partial charge in [0.1, 0.15) is 11.7 Å².